The Kier molecular flexibility index (Phi) is 8.59. The van der Waals surface area contributed by atoms with Gasteiger partial charge in [-0.15, -0.1) is 0 Å². The Bertz CT molecular complexity index is 954. The minimum absolute atomic E-state index is 0.143. The van der Waals surface area contributed by atoms with E-state index < -0.39 is 5.97 Å². The molecule has 2 aliphatic rings. The predicted molar refractivity (Wildman–Crippen MR) is 135 cm³/mol. The number of benzene rings is 2. The molecule has 2 aromatic carbocycles. The lowest BCUT2D eigenvalue weighted by molar-refractivity contribution is -0.141. The molecule has 2 fully saturated rings. The SMILES string of the molecule is CN(C)C(=O)C1CCN(c2cccc(Br)c2)C1.O=C(O)C1CCN(c2cccc(Br)c2)C1. The second kappa shape index (κ2) is 11.2. The molecule has 32 heavy (non-hydrogen) atoms. The molecular weight excluding hydrogens is 538 g/mol. The number of amides is 1. The smallest absolute Gasteiger partial charge is 0.308 e. The van der Waals surface area contributed by atoms with Crippen molar-refractivity contribution in [1.29, 1.82) is 0 Å². The van der Waals surface area contributed by atoms with Crippen molar-refractivity contribution in [2.75, 3.05) is 50.1 Å². The molecule has 172 valence electrons. The Morgan fingerprint density at radius 1 is 0.875 bits per heavy atom. The third-order valence-electron chi connectivity index (χ3n) is 5.86. The highest BCUT2D eigenvalue weighted by molar-refractivity contribution is 9.10. The molecule has 2 unspecified atom stereocenters. The van der Waals surface area contributed by atoms with E-state index in [2.05, 4.69) is 53.8 Å². The summed E-state index contributed by atoms with van der Waals surface area (Å²) in [5, 5.41) is 8.90. The summed E-state index contributed by atoms with van der Waals surface area (Å²) in [6.45, 7) is 3.23. The number of carbonyl (C=O) groups is 2. The van der Waals surface area contributed by atoms with Crippen LogP contribution >= 0.6 is 31.9 Å². The van der Waals surface area contributed by atoms with Gasteiger partial charge in [0.2, 0.25) is 5.91 Å². The summed E-state index contributed by atoms with van der Waals surface area (Å²) in [5.74, 6) is -0.525. The minimum Gasteiger partial charge on any atom is -0.481 e. The lowest BCUT2D eigenvalue weighted by Crippen LogP contribution is -2.31. The Hall–Kier alpha value is -2.06. The standard InChI is InChI=1S/C13H17BrN2O.C11H12BrNO2/c1-15(2)13(17)10-6-7-16(9-10)12-5-3-4-11(14)8-12;12-9-2-1-3-10(6-9)13-5-4-8(7-13)11(14)15/h3-5,8,10H,6-7,9H2,1-2H3;1-3,6,8H,4-5,7H2,(H,14,15). The van der Waals surface area contributed by atoms with Crippen molar-refractivity contribution in [2.45, 2.75) is 12.8 Å². The first-order chi connectivity index (χ1) is 15.2. The number of nitrogens with zero attached hydrogens (tertiary/aromatic N) is 3. The number of halogens is 2. The van der Waals surface area contributed by atoms with Crippen LogP contribution in [0.4, 0.5) is 11.4 Å². The molecule has 4 rings (SSSR count). The summed E-state index contributed by atoms with van der Waals surface area (Å²) in [6.07, 6.45) is 1.69. The first-order valence-corrected chi connectivity index (χ1v) is 12.3. The van der Waals surface area contributed by atoms with Gasteiger partial charge in [0.15, 0.2) is 0 Å². The predicted octanol–water partition coefficient (Wildman–Crippen LogP) is 4.72. The number of aliphatic carboxylic acids is 1. The maximum Gasteiger partial charge on any atom is 0.308 e. The van der Waals surface area contributed by atoms with Gasteiger partial charge in [-0.2, -0.15) is 0 Å². The van der Waals surface area contributed by atoms with E-state index in [0.29, 0.717) is 6.54 Å². The number of carboxylic acid groups (broad SMARTS) is 1. The third-order valence-corrected chi connectivity index (χ3v) is 6.85. The van der Waals surface area contributed by atoms with E-state index in [-0.39, 0.29) is 17.7 Å². The Morgan fingerprint density at radius 3 is 1.75 bits per heavy atom. The second-order valence-corrected chi connectivity index (χ2v) is 10.2. The van der Waals surface area contributed by atoms with Gasteiger partial charge in [0, 0.05) is 60.6 Å². The number of carbonyl (C=O) groups excluding carboxylic acids is 1. The van der Waals surface area contributed by atoms with Crippen LogP contribution in [0.2, 0.25) is 0 Å². The molecule has 0 saturated carbocycles. The quantitative estimate of drug-likeness (QED) is 0.580. The van der Waals surface area contributed by atoms with Crippen molar-refractivity contribution in [3.63, 3.8) is 0 Å². The van der Waals surface area contributed by atoms with Crippen molar-refractivity contribution < 1.29 is 14.7 Å². The maximum atomic E-state index is 11.9. The number of rotatable bonds is 4. The molecule has 8 heteroatoms. The van der Waals surface area contributed by atoms with Crippen LogP contribution in [0.5, 0.6) is 0 Å². The highest BCUT2D eigenvalue weighted by atomic mass is 79.9. The highest BCUT2D eigenvalue weighted by Gasteiger charge is 2.29. The van der Waals surface area contributed by atoms with Crippen molar-refractivity contribution in [2.24, 2.45) is 11.8 Å². The summed E-state index contributed by atoms with van der Waals surface area (Å²) in [4.78, 5) is 28.8. The maximum absolute atomic E-state index is 11.9. The van der Waals surface area contributed by atoms with Gasteiger partial charge in [0.1, 0.15) is 0 Å². The summed E-state index contributed by atoms with van der Waals surface area (Å²) >= 11 is 6.88. The first-order valence-electron chi connectivity index (χ1n) is 10.7. The van der Waals surface area contributed by atoms with E-state index in [1.807, 2.05) is 50.5 Å². The number of carboxylic acids is 1. The first kappa shape index (κ1) is 24.6. The van der Waals surface area contributed by atoms with Gasteiger partial charge in [-0.05, 0) is 49.2 Å². The summed E-state index contributed by atoms with van der Waals surface area (Å²) in [6, 6.07) is 16.2. The van der Waals surface area contributed by atoms with Crippen LogP contribution in [0.15, 0.2) is 57.5 Å². The van der Waals surface area contributed by atoms with Crippen molar-refractivity contribution in [3.05, 3.63) is 57.5 Å². The zero-order valence-electron chi connectivity index (χ0n) is 18.4. The van der Waals surface area contributed by atoms with Crippen LogP contribution in [0.25, 0.3) is 0 Å². The van der Waals surface area contributed by atoms with Gasteiger partial charge in [0.25, 0.3) is 0 Å². The Morgan fingerprint density at radius 2 is 1.34 bits per heavy atom. The van der Waals surface area contributed by atoms with Gasteiger partial charge >= 0.3 is 5.97 Å². The summed E-state index contributed by atoms with van der Waals surface area (Å²) in [5.41, 5.74) is 2.28. The normalized spacial score (nSPS) is 20.0. The molecule has 2 atom stereocenters. The number of hydrogen-bond donors (Lipinski definition) is 1. The van der Waals surface area contributed by atoms with Crippen molar-refractivity contribution in [3.8, 4) is 0 Å². The van der Waals surface area contributed by atoms with Crippen LogP contribution in [0, 0.1) is 11.8 Å². The fourth-order valence-electron chi connectivity index (χ4n) is 4.10. The fourth-order valence-corrected chi connectivity index (χ4v) is 4.88. The average Bonchev–Trinajstić information content (AvgIpc) is 3.44. The van der Waals surface area contributed by atoms with Crippen LogP contribution in [0.3, 0.4) is 0 Å². The Labute approximate surface area is 206 Å². The summed E-state index contributed by atoms with van der Waals surface area (Å²) in [7, 11) is 3.65. The molecule has 2 aromatic rings. The van der Waals surface area contributed by atoms with E-state index >= 15 is 0 Å². The molecule has 2 aliphatic heterocycles. The van der Waals surface area contributed by atoms with E-state index in [0.717, 1.165) is 47.1 Å². The zero-order chi connectivity index (χ0) is 23.3. The molecular formula is C24H29Br2N3O3. The van der Waals surface area contributed by atoms with Crippen LogP contribution in [0.1, 0.15) is 12.8 Å². The monoisotopic (exact) mass is 565 g/mol. The van der Waals surface area contributed by atoms with Gasteiger partial charge in [-0.3, -0.25) is 9.59 Å². The number of anilines is 2. The van der Waals surface area contributed by atoms with Crippen LogP contribution in [-0.4, -0.2) is 62.2 Å². The zero-order valence-corrected chi connectivity index (χ0v) is 21.5. The Balaban J connectivity index is 0.000000182. The lowest BCUT2D eigenvalue weighted by Gasteiger charge is -2.20. The van der Waals surface area contributed by atoms with E-state index in [1.165, 1.54) is 5.69 Å². The fraction of sp³-hybridized carbons (Fsp3) is 0.417. The molecule has 1 N–H and O–H groups in total. The van der Waals surface area contributed by atoms with Crippen molar-refractivity contribution in [1.82, 2.24) is 4.90 Å². The summed E-state index contributed by atoms with van der Waals surface area (Å²) < 4.78 is 2.11. The molecule has 0 bridgehead atoms. The molecule has 1 amide bonds. The topological polar surface area (TPSA) is 64.1 Å². The van der Waals surface area contributed by atoms with Crippen LogP contribution < -0.4 is 9.80 Å². The molecule has 0 radical (unpaired) electrons. The molecule has 2 heterocycles. The van der Waals surface area contributed by atoms with E-state index in [9.17, 15) is 9.59 Å². The molecule has 2 saturated heterocycles. The van der Waals surface area contributed by atoms with Gasteiger partial charge in [-0.1, -0.05) is 44.0 Å². The minimum atomic E-state index is -0.688. The van der Waals surface area contributed by atoms with Crippen LogP contribution in [-0.2, 0) is 9.59 Å². The second-order valence-electron chi connectivity index (χ2n) is 8.39. The van der Waals surface area contributed by atoms with E-state index in [1.54, 1.807) is 4.90 Å². The molecule has 0 aliphatic carbocycles. The largest absolute Gasteiger partial charge is 0.481 e. The van der Waals surface area contributed by atoms with Gasteiger partial charge in [-0.25, -0.2) is 0 Å². The van der Waals surface area contributed by atoms with Gasteiger partial charge < -0.3 is 19.8 Å². The van der Waals surface area contributed by atoms with Gasteiger partial charge in [0.05, 0.1) is 11.8 Å². The highest BCUT2D eigenvalue weighted by Crippen LogP contribution is 2.27. The molecule has 0 aromatic heterocycles. The van der Waals surface area contributed by atoms with E-state index in [4.69, 9.17) is 5.11 Å². The molecule has 0 spiro atoms. The van der Waals surface area contributed by atoms with Crippen molar-refractivity contribution >= 4 is 55.1 Å². The molecule has 6 nitrogen and oxygen atoms in total. The number of hydrogen-bond acceptors (Lipinski definition) is 4. The lowest BCUT2D eigenvalue weighted by atomic mass is 10.1. The third kappa shape index (κ3) is 6.48. The average molecular weight is 567 g/mol.